The van der Waals surface area contributed by atoms with Gasteiger partial charge in [0, 0.05) is 20.9 Å². The zero-order chi connectivity index (χ0) is 14.6. The fourth-order valence-corrected chi connectivity index (χ4v) is 2.23. The Bertz CT molecular complexity index is 499. The van der Waals surface area contributed by atoms with Gasteiger partial charge in [-0.3, -0.25) is 4.57 Å². The van der Waals surface area contributed by atoms with Gasteiger partial charge in [-0.25, -0.2) is 9.78 Å². The van der Waals surface area contributed by atoms with Crippen LogP contribution in [0, 0.1) is 11.3 Å². The van der Waals surface area contributed by atoms with Crippen molar-refractivity contribution in [3.8, 4) is 6.07 Å². The Balaban J connectivity index is 2.76. The van der Waals surface area contributed by atoms with E-state index in [0.717, 1.165) is 6.04 Å². The summed E-state index contributed by atoms with van der Waals surface area (Å²) in [7, 11) is -1.18. The molecule has 1 unspecified atom stereocenters. The van der Waals surface area contributed by atoms with Crippen molar-refractivity contribution < 1.29 is 14.6 Å². The first-order valence-corrected chi connectivity index (χ1v) is 9.79. The third-order valence-corrected chi connectivity index (χ3v) is 4.35. The van der Waals surface area contributed by atoms with Crippen LogP contribution < -0.4 is 0 Å². The number of rotatable bonds is 6. The van der Waals surface area contributed by atoms with Gasteiger partial charge in [-0.2, -0.15) is 5.26 Å². The average Bonchev–Trinajstić information content (AvgIpc) is 2.71. The third kappa shape index (κ3) is 4.50. The number of nitriles is 1. The van der Waals surface area contributed by atoms with Crippen LogP contribution in [0.1, 0.15) is 29.5 Å². The number of ether oxygens (including phenoxy) is 1. The minimum atomic E-state index is -1.18. The fourth-order valence-electron chi connectivity index (χ4n) is 1.50. The third-order valence-electron chi connectivity index (χ3n) is 2.64. The van der Waals surface area contributed by atoms with Crippen molar-refractivity contribution in [1.29, 1.82) is 5.26 Å². The van der Waals surface area contributed by atoms with Crippen LogP contribution in [-0.4, -0.2) is 35.3 Å². The van der Waals surface area contributed by atoms with E-state index in [1.165, 1.54) is 10.8 Å². The van der Waals surface area contributed by atoms with Crippen molar-refractivity contribution in [2.24, 2.45) is 0 Å². The van der Waals surface area contributed by atoms with Crippen LogP contribution in [0.2, 0.25) is 25.7 Å². The molecule has 0 saturated carbocycles. The molecule has 0 bridgehead atoms. The van der Waals surface area contributed by atoms with Crippen LogP contribution in [0.5, 0.6) is 0 Å². The van der Waals surface area contributed by atoms with Crippen LogP contribution in [0.25, 0.3) is 0 Å². The topological polar surface area (TPSA) is 88.1 Å². The minimum Gasteiger partial charge on any atom is -0.475 e. The van der Waals surface area contributed by atoms with Crippen molar-refractivity contribution >= 4 is 14.0 Å². The van der Waals surface area contributed by atoms with E-state index in [-0.39, 0.29) is 11.5 Å². The number of imidazole rings is 1. The molecule has 0 aliphatic carbocycles. The first-order valence-electron chi connectivity index (χ1n) is 6.08. The summed E-state index contributed by atoms with van der Waals surface area (Å²) < 4.78 is 7.02. The zero-order valence-electron chi connectivity index (χ0n) is 11.7. The summed E-state index contributed by atoms with van der Waals surface area (Å²) in [5.41, 5.74) is 0.0815. The maximum Gasteiger partial charge on any atom is 0.372 e. The van der Waals surface area contributed by atoms with Gasteiger partial charge in [-0.1, -0.05) is 19.6 Å². The molecule has 1 heterocycles. The number of carbonyl (C=O) groups is 1. The molecule has 0 saturated heterocycles. The lowest BCUT2D eigenvalue weighted by molar-refractivity contribution is 0.0199. The van der Waals surface area contributed by atoms with Gasteiger partial charge in [0.15, 0.2) is 5.69 Å². The highest BCUT2D eigenvalue weighted by Gasteiger charge is 2.20. The second-order valence-electron chi connectivity index (χ2n) is 5.55. The first kappa shape index (κ1) is 15.4. The first-order chi connectivity index (χ1) is 8.74. The maximum atomic E-state index is 11.0. The molecule has 0 aliphatic heterocycles. The number of hydrogen-bond donors (Lipinski definition) is 1. The molecule has 0 aromatic carbocycles. The highest BCUT2D eigenvalue weighted by atomic mass is 28.3. The smallest absolute Gasteiger partial charge is 0.372 e. The normalized spacial score (nSPS) is 13.0. The average molecular weight is 281 g/mol. The Morgan fingerprint density at radius 2 is 2.26 bits per heavy atom. The van der Waals surface area contributed by atoms with E-state index < -0.39 is 20.3 Å². The van der Waals surface area contributed by atoms with E-state index >= 15 is 0 Å². The molecule has 0 amide bonds. The Morgan fingerprint density at radius 1 is 1.63 bits per heavy atom. The number of nitrogens with zero attached hydrogens (tertiary/aromatic N) is 3. The lowest BCUT2D eigenvalue weighted by atomic mass is 10.5. The van der Waals surface area contributed by atoms with Crippen LogP contribution >= 0.6 is 0 Å². The highest BCUT2D eigenvalue weighted by Crippen LogP contribution is 2.16. The van der Waals surface area contributed by atoms with E-state index in [1.807, 2.05) is 6.07 Å². The lowest BCUT2D eigenvalue weighted by Crippen LogP contribution is -2.23. The van der Waals surface area contributed by atoms with Gasteiger partial charge in [0.2, 0.25) is 5.82 Å². The molecule has 19 heavy (non-hydrogen) atoms. The molecule has 6 nitrogen and oxygen atoms in total. The molecule has 0 fully saturated rings. The molecule has 104 valence electrons. The summed E-state index contributed by atoms with van der Waals surface area (Å²) in [6, 6.07) is 2.83. The van der Waals surface area contributed by atoms with Crippen molar-refractivity contribution in [3.05, 3.63) is 17.7 Å². The minimum absolute atomic E-state index is 0.0815. The summed E-state index contributed by atoms with van der Waals surface area (Å²) in [5, 5.41) is 17.8. The predicted molar refractivity (Wildman–Crippen MR) is 72.7 cm³/mol. The van der Waals surface area contributed by atoms with Crippen LogP contribution in [0.4, 0.5) is 0 Å². The van der Waals surface area contributed by atoms with E-state index in [2.05, 4.69) is 24.6 Å². The van der Waals surface area contributed by atoms with Gasteiger partial charge < -0.3 is 9.84 Å². The fraction of sp³-hybridized carbons (Fsp3) is 0.583. The number of carboxylic acids is 1. The Hall–Kier alpha value is -1.65. The summed E-state index contributed by atoms with van der Waals surface area (Å²) >= 11 is 0. The van der Waals surface area contributed by atoms with Gasteiger partial charge in [0.05, 0.1) is 0 Å². The Morgan fingerprint density at radius 3 is 2.74 bits per heavy atom. The molecule has 1 aromatic heterocycles. The Labute approximate surface area is 113 Å². The SMILES string of the molecule is CC(OCC[Si](C)(C)C)n1cc(C#N)nc1C(=O)O. The van der Waals surface area contributed by atoms with Crippen LogP contribution in [0.3, 0.4) is 0 Å². The van der Waals surface area contributed by atoms with Gasteiger partial charge in [0.25, 0.3) is 0 Å². The molecular weight excluding hydrogens is 262 g/mol. The number of hydrogen-bond acceptors (Lipinski definition) is 4. The molecule has 1 rings (SSSR count). The van der Waals surface area contributed by atoms with Crippen molar-refractivity contribution in [2.75, 3.05) is 6.61 Å². The molecule has 1 aromatic rings. The molecule has 1 N–H and O–H groups in total. The largest absolute Gasteiger partial charge is 0.475 e. The van der Waals surface area contributed by atoms with Gasteiger partial charge in [0.1, 0.15) is 12.3 Å². The predicted octanol–water partition coefficient (Wildman–Crippen LogP) is 2.33. The zero-order valence-corrected chi connectivity index (χ0v) is 12.7. The second kappa shape index (κ2) is 5.99. The van der Waals surface area contributed by atoms with Crippen molar-refractivity contribution in [1.82, 2.24) is 9.55 Å². The summed E-state index contributed by atoms with van der Waals surface area (Å²) in [4.78, 5) is 14.8. The maximum absolute atomic E-state index is 11.0. The van der Waals surface area contributed by atoms with E-state index in [4.69, 9.17) is 15.1 Å². The van der Waals surface area contributed by atoms with Crippen LogP contribution in [-0.2, 0) is 4.74 Å². The monoisotopic (exact) mass is 281 g/mol. The van der Waals surface area contributed by atoms with Crippen molar-refractivity contribution in [3.63, 3.8) is 0 Å². The van der Waals surface area contributed by atoms with E-state index in [1.54, 1.807) is 6.92 Å². The standard InChI is InChI=1S/C12H19N3O3Si/c1-9(18-5-6-19(2,3)4)15-8-10(7-13)14-11(15)12(16)17/h8-9H,5-6H2,1-4H3,(H,16,17). The molecule has 0 aliphatic rings. The highest BCUT2D eigenvalue weighted by molar-refractivity contribution is 6.76. The summed E-state index contributed by atoms with van der Waals surface area (Å²) in [5.74, 6) is -1.33. The summed E-state index contributed by atoms with van der Waals surface area (Å²) in [6.07, 6.45) is 0.958. The van der Waals surface area contributed by atoms with Gasteiger partial charge >= 0.3 is 5.97 Å². The Kier molecular flexibility index (Phi) is 4.86. The second-order valence-corrected chi connectivity index (χ2v) is 11.2. The van der Waals surface area contributed by atoms with E-state index in [9.17, 15) is 4.79 Å². The number of aromatic nitrogens is 2. The molecular formula is C12H19N3O3Si. The van der Waals surface area contributed by atoms with Gasteiger partial charge in [-0.15, -0.1) is 0 Å². The van der Waals surface area contributed by atoms with Crippen molar-refractivity contribution in [2.45, 2.75) is 38.8 Å². The van der Waals surface area contributed by atoms with Crippen LogP contribution in [0.15, 0.2) is 6.20 Å². The molecule has 0 radical (unpaired) electrons. The lowest BCUT2D eigenvalue weighted by Gasteiger charge is -2.19. The number of aromatic carboxylic acids is 1. The number of carboxylic acid groups (broad SMARTS) is 1. The van der Waals surface area contributed by atoms with E-state index in [0.29, 0.717) is 6.61 Å². The molecule has 1 atom stereocenters. The quantitative estimate of drug-likeness (QED) is 0.808. The molecule has 0 spiro atoms. The summed E-state index contributed by atoms with van der Waals surface area (Å²) in [6.45, 7) is 9.06. The van der Waals surface area contributed by atoms with Gasteiger partial charge in [-0.05, 0) is 13.0 Å². The molecule has 7 heteroatoms.